The summed E-state index contributed by atoms with van der Waals surface area (Å²) in [6.07, 6.45) is 2.53. The van der Waals surface area contributed by atoms with E-state index in [1.807, 2.05) is 29.8 Å². The molecule has 18 heavy (non-hydrogen) atoms. The van der Waals surface area contributed by atoms with Crippen LogP contribution in [0.4, 0.5) is 0 Å². The van der Waals surface area contributed by atoms with Gasteiger partial charge in [-0.2, -0.15) is 5.10 Å². The predicted octanol–water partition coefficient (Wildman–Crippen LogP) is 3.44. The number of thiophene rings is 2. The van der Waals surface area contributed by atoms with Gasteiger partial charge in [0.15, 0.2) is 0 Å². The van der Waals surface area contributed by atoms with Gasteiger partial charge in [0.1, 0.15) is 0 Å². The maximum atomic E-state index is 12.0. The Balaban J connectivity index is 2.04. The zero-order chi connectivity index (χ0) is 13.0. The third-order valence-electron chi connectivity index (χ3n) is 2.60. The summed E-state index contributed by atoms with van der Waals surface area (Å²) < 4.78 is 0. The van der Waals surface area contributed by atoms with Crippen LogP contribution in [0.25, 0.3) is 0 Å². The van der Waals surface area contributed by atoms with Gasteiger partial charge in [-0.15, -0.1) is 22.7 Å². The molecule has 0 saturated heterocycles. The molecular formula is C13H14N2OS2. The molecule has 2 aromatic heterocycles. The summed E-state index contributed by atoms with van der Waals surface area (Å²) in [6, 6.07) is 3.90. The van der Waals surface area contributed by atoms with Gasteiger partial charge in [0, 0.05) is 15.1 Å². The Morgan fingerprint density at radius 2 is 2.33 bits per heavy atom. The minimum atomic E-state index is -0.135. The molecule has 0 radical (unpaired) electrons. The summed E-state index contributed by atoms with van der Waals surface area (Å²) in [6.45, 7) is 4.09. The van der Waals surface area contributed by atoms with E-state index in [4.69, 9.17) is 0 Å². The minimum Gasteiger partial charge on any atom is -0.267 e. The van der Waals surface area contributed by atoms with Gasteiger partial charge in [-0.25, -0.2) is 5.43 Å². The molecule has 0 unspecified atom stereocenters. The smallest absolute Gasteiger partial charge is 0.267 e. The van der Waals surface area contributed by atoms with E-state index in [0.29, 0.717) is 0 Å². The van der Waals surface area contributed by atoms with Gasteiger partial charge in [-0.05, 0) is 30.4 Å². The Labute approximate surface area is 114 Å². The van der Waals surface area contributed by atoms with Crippen LogP contribution >= 0.6 is 22.7 Å². The molecule has 2 rings (SSSR count). The molecule has 0 spiro atoms. The van der Waals surface area contributed by atoms with Crippen molar-refractivity contribution < 1.29 is 4.79 Å². The highest BCUT2D eigenvalue weighted by Crippen LogP contribution is 2.22. The van der Waals surface area contributed by atoms with Crippen molar-refractivity contribution >= 4 is 34.8 Å². The Bertz CT molecular complexity index is 556. The molecule has 0 fully saturated rings. The number of carbonyl (C=O) groups is 1. The normalized spacial score (nSPS) is 11.0. The minimum absolute atomic E-state index is 0.135. The second-order valence-electron chi connectivity index (χ2n) is 3.75. The average molecular weight is 278 g/mol. The lowest BCUT2D eigenvalue weighted by Crippen LogP contribution is -2.18. The molecule has 0 aliphatic carbocycles. The summed E-state index contributed by atoms with van der Waals surface area (Å²) in [7, 11) is 0. The quantitative estimate of drug-likeness (QED) is 0.675. The van der Waals surface area contributed by atoms with Crippen LogP contribution in [0, 0.1) is 6.92 Å². The van der Waals surface area contributed by atoms with Crippen molar-refractivity contribution in [2.45, 2.75) is 20.3 Å². The van der Waals surface area contributed by atoms with Crippen LogP contribution in [0.15, 0.2) is 28.0 Å². The zero-order valence-electron chi connectivity index (χ0n) is 10.3. The van der Waals surface area contributed by atoms with Crippen LogP contribution in [0.5, 0.6) is 0 Å². The van der Waals surface area contributed by atoms with Crippen LogP contribution in [-0.4, -0.2) is 12.1 Å². The van der Waals surface area contributed by atoms with Crippen molar-refractivity contribution in [3.8, 4) is 0 Å². The van der Waals surface area contributed by atoms with Gasteiger partial charge in [0.05, 0.1) is 11.8 Å². The average Bonchev–Trinajstić information content (AvgIpc) is 2.98. The molecule has 5 heteroatoms. The standard InChI is InChI=1S/C13H14N2OS2/c1-3-11-9(2)18-8-12(11)13(16)15-14-7-10-5-4-6-17-10/h4-8H,3H2,1-2H3,(H,15,16)/b14-7-. The zero-order valence-corrected chi connectivity index (χ0v) is 11.9. The van der Waals surface area contributed by atoms with Crippen molar-refractivity contribution in [3.05, 3.63) is 43.8 Å². The molecule has 0 aromatic carbocycles. The van der Waals surface area contributed by atoms with Gasteiger partial charge >= 0.3 is 0 Å². The van der Waals surface area contributed by atoms with Crippen LogP contribution < -0.4 is 5.43 Å². The Kier molecular flexibility index (Phi) is 4.28. The first-order valence-corrected chi connectivity index (χ1v) is 7.42. The summed E-state index contributed by atoms with van der Waals surface area (Å²) in [5.41, 5.74) is 4.42. The lowest BCUT2D eigenvalue weighted by atomic mass is 10.1. The number of amides is 1. The fourth-order valence-electron chi connectivity index (χ4n) is 1.69. The highest BCUT2D eigenvalue weighted by atomic mass is 32.1. The molecule has 1 amide bonds. The number of aryl methyl sites for hydroxylation is 1. The topological polar surface area (TPSA) is 41.5 Å². The lowest BCUT2D eigenvalue weighted by Gasteiger charge is -2.01. The number of nitrogens with one attached hydrogen (secondary N) is 1. The lowest BCUT2D eigenvalue weighted by molar-refractivity contribution is 0.0954. The Morgan fingerprint density at radius 3 is 3.00 bits per heavy atom. The molecule has 0 atom stereocenters. The van der Waals surface area contributed by atoms with E-state index in [2.05, 4.69) is 17.5 Å². The number of hydrazone groups is 1. The molecule has 2 heterocycles. The van der Waals surface area contributed by atoms with E-state index in [1.54, 1.807) is 28.9 Å². The van der Waals surface area contributed by atoms with E-state index in [-0.39, 0.29) is 5.91 Å². The first-order valence-electron chi connectivity index (χ1n) is 5.66. The van der Waals surface area contributed by atoms with Crippen LogP contribution in [0.2, 0.25) is 0 Å². The van der Waals surface area contributed by atoms with E-state index in [9.17, 15) is 4.79 Å². The Hall–Kier alpha value is -1.46. The van der Waals surface area contributed by atoms with Crippen molar-refractivity contribution in [2.24, 2.45) is 5.10 Å². The molecule has 0 saturated carbocycles. The molecular weight excluding hydrogens is 264 g/mol. The summed E-state index contributed by atoms with van der Waals surface area (Å²) >= 11 is 3.19. The second kappa shape index (κ2) is 5.93. The van der Waals surface area contributed by atoms with Crippen molar-refractivity contribution in [1.82, 2.24) is 5.43 Å². The molecule has 0 aliphatic heterocycles. The maximum Gasteiger partial charge on any atom is 0.272 e. The number of nitrogens with zero attached hydrogens (tertiary/aromatic N) is 1. The van der Waals surface area contributed by atoms with Crippen molar-refractivity contribution in [1.29, 1.82) is 0 Å². The predicted molar refractivity (Wildman–Crippen MR) is 77.8 cm³/mol. The molecule has 1 N–H and O–H groups in total. The van der Waals surface area contributed by atoms with Crippen LogP contribution in [-0.2, 0) is 6.42 Å². The summed E-state index contributed by atoms with van der Waals surface area (Å²) in [4.78, 5) is 14.2. The van der Waals surface area contributed by atoms with E-state index < -0.39 is 0 Å². The molecule has 3 nitrogen and oxygen atoms in total. The number of hydrogen-bond donors (Lipinski definition) is 1. The molecule has 0 aliphatic rings. The number of carbonyl (C=O) groups excluding carboxylic acids is 1. The number of hydrogen-bond acceptors (Lipinski definition) is 4. The van der Waals surface area contributed by atoms with E-state index >= 15 is 0 Å². The van der Waals surface area contributed by atoms with E-state index in [1.165, 1.54) is 4.88 Å². The van der Waals surface area contributed by atoms with Crippen LogP contribution in [0.1, 0.15) is 32.6 Å². The van der Waals surface area contributed by atoms with Gasteiger partial charge in [-0.1, -0.05) is 13.0 Å². The first-order chi connectivity index (χ1) is 8.72. The fourth-order valence-corrected chi connectivity index (χ4v) is 3.21. The van der Waals surface area contributed by atoms with Gasteiger partial charge in [0.2, 0.25) is 0 Å². The Morgan fingerprint density at radius 1 is 1.50 bits per heavy atom. The molecule has 94 valence electrons. The first kappa shape index (κ1) is 13.0. The van der Waals surface area contributed by atoms with Gasteiger partial charge in [0.25, 0.3) is 5.91 Å². The SMILES string of the molecule is CCc1c(C(=O)N/N=C\c2cccs2)csc1C. The van der Waals surface area contributed by atoms with Crippen molar-refractivity contribution in [3.63, 3.8) is 0 Å². The number of rotatable bonds is 4. The molecule has 2 aromatic rings. The third-order valence-corrected chi connectivity index (χ3v) is 4.36. The highest BCUT2D eigenvalue weighted by Gasteiger charge is 2.13. The van der Waals surface area contributed by atoms with Crippen LogP contribution in [0.3, 0.4) is 0 Å². The maximum absolute atomic E-state index is 12.0. The van der Waals surface area contributed by atoms with Gasteiger partial charge in [-0.3, -0.25) is 4.79 Å². The van der Waals surface area contributed by atoms with Gasteiger partial charge < -0.3 is 0 Å². The highest BCUT2D eigenvalue weighted by molar-refractivity contribution is 7.11. The monoisotopic (exact) mass is 278 g/mol. The third kappa shape index (κ3) is 2.86. The van der Waals surface area contributed by atoms with E-state index in [0.717, 1.165) is 22.4 Å². The van der Waals surface area contributed by atoms with Crippen molar-refractivity contribution in [2.75, 3.05) is 0 Å². The largest absolute Gasteiger partial charge is 0.272 e. The summed E-state index contributed by atoms with van der Waals surface area (Å²) in [5, 5.41) is 7.83. The fraction of sp³-hybridized carbons (Fsp3) is 0.231. The molecule has 0 bridgehead atoms. The summed E-state index contributed by atoms with van der Waals surface area (Å²) in [5.74, 6) is -0.135. The second-order valence-corrected chi connectivity index (χ2v) is 5.82.